The van der Waals surface area contributed by atoms with E-state index >= 15 is 0 Å². The molecule has 0 N–H and O–H groups in total. The van der Waals surface area contributed by atoms with Crippen molar-refractivity contribution in [2.24, 2.45) is 0 Å². The largest absolute Gasteiger partial charge is 0.458 e. The van der Waals surface area contributed by atoms with E-state index in [9.17, 15) is 18.3 Å². The van der Waals surface area contributed by atoms with Crippen LogP contribution in [0.4, 0.5) is 13.2 Å². The Bertz CT molecular complexity index is 386. The van der Waals surface area contributed by atoms with Gasteiger partial charge in [0.1, 0.15) is 0 Å². The molecule has 8 radical (unpaired) electrons. The van der Waals surface area contributed by atoms with Crippen LogP contribution in [0, 0.1) is 32.6 Å². The first-order valence-corrected chi connectivity index (χ1v) is 8.84. The zero-order valence-corrected chi connectivity index (χ0v) is 20.4. The van der Waals surface area contributed by atoms with Crippen LogP contribution < -0.4 is 0 Å². The summed E-state index contributed by atoms with van der Waals surface area (Å²) < 4.78 is 39.1. The van der Waals surface area contributed by atoms with E-state index in [4.69, 9.17) is 0 Å². The molecule has 27 heavy (non-hydrogen) atoms. The number of ether oxygens (including phenoxy) is 1. The van der Waals surface area contributed by atoms with Gasteiger partial charge in [0.2, 0.25) is 0 Å². The summed E-state index contributed by atoms with van der Waals surface area (Å²) in [5.41, 5.74) is 1.92. The number of halogens is 3. The predicted molar refractivity (Wildman–Crippen MR) is 109 cm³/mol. The smallest absolute Gasteiger partial charge is 0.457 e. The van der Waals surface area contributed by atoms with Gasteiger partial charge in [0.25, 0.3) is 0 Å². The van der Waals surface area contributed by atoms with Crippen LogP contribution in [-0.2, 0) is 9.84 Å². The molecular weight excluding hydrogens is 460 g/mol. The molecular formula is C21H35F3O2Sn. The van der Waals surface area contributed by atoms with Crippen molar-refractivity contribution < 1.29 is 23.0 Å². The van der Waals surface area contributed by atoms with Gasteiger partial charge in [-0.1, -0.05) is 86.0 Å². The Morgan fingerprint density at radius 2 is 1.26 bits per heavy atom. The molecule has 0 fully saturated rings. The number of unbranched alkanes of at least 4 members (excludes halogenated alkanes) is 3. The molecule has 0 saturated heterocycles. The van der Waals surface area contributed by atoms with Gasteiger partial charge in [0.15, 0.2) is 0 Å². The first kappa shape index (κ1) is 37.1. The van der Waals surface area contributed by atoms with Crippen LogP contribution in [0.3, 0.4) is 0 Å². The summed E-state index contributed by atoms with van der Waals surface area (Å²) in [6, 6.07) is 0. The number of alkyl halides is 3. The number of hydrogen-bond donors (Lipinski definition) is 0. The maximum absolute atomic E-state index is 11.6. The minimum absolute atomic E-state index is 0. The van der Waals surface area contributed by atoms with E-state index in [0.717, 1.165) is 25.2 Å². The quantitative estimate of drug-likeness (QED) is 0.177. The number of allylic oxidation sites excluding steroid dienone is 1. The fourth-order valence-electron chi connectivity index (χ4n) is 0.516. The Hall–Kier alpha value is -0.731. The van der Waals surface area contributed by atoms with Crippen molar-refractivity contribution in [3.63, 3.8) is 0 Å². The third-order valence-corrected chi connectivity index (χ3v) is 2.02. The molecule has 0 aliphatic rings. The summed E-state index contributed by atoms with van der Waals surface area (Å²) in [6.45, 7) is 20.1. The summed E-state index contributed by atoms with van der Waals surface area (Å²) in [5, 5.41) is 10.7. The molecule has 0 atom stereocenters. The molecule has 156 valence electrons. The SMILES string of the molecule is CCOC([O])=C=C(C)C#CC(F)(F)F.[CH2]CCC.[CH2]CCC.[CH2]CCC.[Sn]. The van der Waals surface area contributed by atoms with Gasteiger partial charge < -0.3 is 4.74 Å². The van der Waals surface area contributed by atoms with Gasteiger partial charge >= 0.3 is 12.1 Å². The van der Waals surface area contributed by atoms with Gasteiger partial charge in [0.05, 0.1) is 6.61 Å². The Morgan fingerprint density at radius 1 is 0.926 bits per heavy atom. The second-order valence-electron chi connectivity index (χ2n) is 4.78. The molecule has 0 spiro atoms. The van der Waals surface area contributed by atoms with E-state index in [1.807, 2.05) is 5.73 Å². The molecule has 0 bridgehead atoms. The molecule has 0 aromatic rings. The number of rotatable bonds is 5. The third kappa shape index (κ3) is 58.7. The second kappa shape index (κ2) is 30.0. The van der Waals surface area contributed by atoms with Gasteiger partial charge in [-0.05, 0) is 19.6 Å². The van der Waals surface area contributed by atoms with Gasteiger partial charge in [-0.3, -0.25) is 0 Å². The van der Waals surface area contributed by atoms with Gasteiger partial charge in [0, 0.05) is 35.4 Å². The van der Waals surface area contributed by atoms with Crippen molar-refractivity contribution >= 4 is 23.9 Å². The predicted octanol–water partition coefficient (Wildman–Crippen LogP) is 6.89. The molecule has 6 heteroatoms. The van der Waals surface area contributed by atoms with Crippen LogP contribution in [0.2, 0.25) is 0 Å². The van der Waals surface area contributed by atoms with Crippen molar-refractivity contribution in [2.45, 2.75) is 79.3 Å². The Morgan fingerprint density at radius 3 is 1.48 bits per heavy atom. The van der Waals surface area contributed by atoms with Crippen molar-refractivity contribution in [1.29, 1.82) is 0 Å². The first-order valence-electron chi connectivity index (χ1n) is 8.84. The minimum Gasteiger partial charge on any atom is -0.457 e. The van der Waals surface area contributed by atoms with Crippen molar-refractivity contribution in [3.05, 3.63) is 38.0 Å². The average Bonchev–Trinajstić information content (AvgIpc) is 2.60. The topological polar surface area (TPSA) is 29.1 Å². The summed E-state index contributed by atoms with van der Waals surface area (Å²) in [7, 11) is 0. The zero-order chi connectivity index (χ0) is 21.4. The van der Waals surface area contributed by atoms with E-state index in [-0.39, 0.29) is 36.1 Å². The van der Waals surface area contributed by atoms with Crippen LogP contribution in [-0.4, -0.2) is 36.7 Å². The van der Waals surface area contributed by atoms with Gasteiger partial charge in [-0.2, -0.15) is 13.2 Å². The van der Waals surface area contributed by atoms with E-state index in [1.54, 1.807) is 12.8 Å². The van der Waals surface area contributed by atoms with Crippen LogP contribution in [0.25, 0.3) is 0 Å². The average molecular weight is 495 g/mol. The molecule has 0 heterocycles. The van der Waals surface area contributed by atoms with E-state index in [2.05, 4.69) is 46.3 Å². The first-order chi connectivity index (χ1) is 12.1. The van der Waals surface area contributed by atoms with E-state index in [1.165, 1.54) is 26.2 Å². The Kier molecular flexibility index (Phi) is 41.2. The molecule has 0 amide bonds. The fraction of sp³-hybridized carbons (Fsp3) is 0.619. The molecule has 2 nitrogen and oxygen atoms in total. The van der Waals surface area contributed by atoms with E-state index in [0.29, 0.717) is 0 Å². The van der Waals surface area contributed by atoms with Crippen molar-refractivity contribution in [2.75, 3.05) is 6.61 Å². The minimum atomic E-state index is -4.56. The maximum Gasteiger partial charge on any atom is 0.458 e. The van der Waals surface area contributed by atoms with Crippen LogP contribution in [0.15, 0.2) is 17.2 Å². The zero-order valence-electron chi connectivity index (χ0n) is 17.5. The fourth-order valence-corrected chi connectivity index (χ4v) is 0.516. The van der Waals surface area contributed by atoms with Crippen molar-refractivity contribution in [3.8, 4) is 11.8 Å². The Labute approximate surface area is 182 Å². The van der Waals surface area contributed by atoms with Gasteiger partial charge in [-0.25, -0.2) is 5.11 Å². The third-order valence-electron chi connectivity index (χ3n) is 2.02. The standard InChI is InChI=1S/C9H8F3O2.3C4H9.Sn/c1-3-14-8(13)6-7(2)4-5-9(10,11)12;3*1-3-4-2;/h3H2,1-2H3;3*1,3-4H2,2H3;. The van der Waals surface area contributed by atoms with Crippen LogP contribution >= 0.6 is 0 Å². The number of hydrogen-bond acceptors (Lipinski definition) is 1. The van der Waals surface area contributed by atoms with Crippen molar-refractivity contribution in [1.82, 2.24) is 0 Å². The second-order valence-corrected chi connectivity index (χ2v) is 4.78. The monoisotopic (exact) mass is 496 g/mol. The summed E-state index contributed by atoms with van der Waals surface area (Å²) in [6.07, 6.45) is 2.28. The summed E-state index contributed by atoms with van der Waals surface area (Å²) in [5.74, 6) is 1.94. The summed E-state index contributed by atoms with van der Waals surface area (Å²) >= 11 is 0. The molecule has 0 rings (SSSR count). The van der Waals surface area contributed by atoms with Crippen LogP contribution in [0.5, 0.6) is 0 Å². The molecule has 0 aromatic heterocycles. The molecule has 0 unspecified atom stereocenters. The molecule has 0 saturated carbocycles. The normalized spacial score (nSPS) is 8.26. The maximum atomic E-state index is 11.6. The van der Waals surface area contributed by atoms with Crippen LogP contribution in [0.1, 0.15) is 73.1 Å². The Balaban J connectivity index is -0.000000102. The summed E-state index contributed by atoms with van der Waals surface area (Å²) in [4.78, 5) is 0. The van der Waals surface area contributed by atoms with Gasteiger partial charge in [-0.15, -0.1) is 0 Å². The molecule has 0 aliphatic heterocycles. The molecule has 0 aliphatic carbocycles. The van der Waals surface area contributed by atoms with E-state index < -0.39 is 12.1 Å². The molecule has 0 aromatic carbocycles.